The van der Waals surface area contributed by atoms with Crippen LogP contribution in [-0.4, -0.2) is 5.91 Å². The maximum Gasteiger partial charge on any atom is 0.417 e. The van der Waals surface area contributed by atoms with Gasteiger partial charge in [0.15, 0.2) is 0 Å². The van der Waals surface area contributed by atoms with E-state index in [1.54, 1.807) is 0 Å². The molecule has 2 nitrogen and oxygen atoms in total. The molecule has 1 N–H and O–H groups in total. The summed E-state index contributed by atoms with van der Waals surface area (Å²) in [5, 5.41) is 2.12. The van der Waals surface area contributed by atoms with Crippen LogP contribution in [-0.2, 0) is 17.1 Å². The maximum atomic E-state index is 13.1. The van der Waals surface area contributed by atoms with Gasteiger partial charge in [-0.1, -0.05) is 26.7 Å². The number of carbonyl (C=O) groups excluding carboxylic acids is 1. The topological polar surface area (TPSA) is 29.1 Å². The smallest absolute Gasteiger partial charge is 0.324 e. The van der Waals surface area contributed by atoms with E-state index < -0.39 is 46.1 Å². The molecule has 1 amide bonds. The number of rotatable bonds is 1. The molecule has 0 aliphatic rings. The summed E-state index contributed by atoms with van der Waals surface area (Å²) in [6.45, 7) is 5.68. The molecular formula is C16H15F6NO. The van der Waals surface area contributed by atoms with Crippen LogP contribution in [0.15, 0.2) is 12.1 Å². The van der Waals surface area contributed by atoms with Gasteiger partial charge in [-0.2, -0.15) is 26.3 Å². The minimum absolute atomic E-state index is 0.00752. The van der Waals surface area contributed by atoms with Crippen molar-refractivity contribution in [1.82, 2.24) is 0 Å². The lowest BCUT2D eigenvalue weighted by Crippen LogP contribution is -2.28. The monoisotopic (exact) mass is 351 g/mol. The molecule has 0 spiro atoms. The van der Waals surface area contributed by atoms with Crippen LogP contribution >= 0.6 is 0 Å². The molecule has 0 fully saturated rings. The fourth-order valence-electron chi connectivity index (χ4n) is 1.70. The third-order valence-corrected chi connectivity index (χ3v) is 2.95. The summed E-state index contributed by atoms with van der Waals surface area (Å²) in [6.07, 6.45) is -10.1. The average Bonchev–Trinajstić information content (AvgIpc) is 2.36. The van der Waals surface area contributed by atoms with Crippen molar-refractivity contribution in [3.8, 4) is 11.8 Å². The largest absolute Gasteiger partial charge is 0.417 e. The van der Waals surface area contributed by atoms with E-state index in [1.807, 2.05) is 0 Å². The van der Waals surface area contributed by atoms with Crippen molar-refractivity contribution in [3.05, 3.63) is 28.8 Å². The summed E-state index contributed by atoms with van der Waals surface area (Å²) in [5.74, 6) is 3.63. The highest BCUT2D eigenvalue weighted by Gasteiger charge is 2.40. The molecule has 0 aliphatic carbocycles. The Kier molecular flexibility index (Phi) is 5.28. The van der Waals surface area contributed by atoms with Crippen molar-refractivity contribution in [2.24, 2.45) is 5.41 Å². The zero-order valence-corrected chi connectivity index (χ0v) is 13.3. The highest BCUT2D eigenvalue weighted by molar-refractivity contribution is 5.96. The van der Waals surface area contributed by atoms with Gasteiger partial charge < -0.3 is 5.32 Å². The van der Waals surface area contributed by atoms with E-state index in [0.29, 0.717) is 6.07 Å². The fraction of sp³-hybridized carbons (Fsp3) is 0.438. The molecule has 8 heteroatoms. The first-order valence-corrected chi connectivity index (χ1v) is 6.74. The molecule has 1 aromatic carbocycles. The van der Waals surface area contributed by atoms with Crippen LogP contribution in [0.4, 0.5) is 32.0 Å². The quantitative estimate of drug-likeness (QED) is 0.555. The number of hydrogen-bond donors (Lipinski definition) is 1. The van der Waals surface area contributed by atoms with Gasteiger partial charge in [-0.05, 0) is 19.1 Å². The molecule has 0 bridgehead atoms. The highest BCUT2D eigenvalue weighted by atomic mass is 19.4. The zero-order valence-electron chi connectivity index (χ0n) is 13.3. The Morgan fingerprint density at radius 2 is 1.54 bits per heavy atom. The lowest BCUT2D eigenvalue weighted by Gasteiger charge is -2.21. The second-order valence-corrected chi connectivity index (χ2v) is 6.02. The second-order valence-electron chi connectivity index (χ2n) is 6.02. The lowest BCUT2D eigenvalue weighted by atomic mass is 9.94. The number of halogens is 6. The second kappa shape index (κ2) is 6.38. The Bertz CT molecular complexity index is 699. The number of hydrogen-bond acceptors (Lipinski definition) is 1. The molecule has 0 atom stereocenters. The molecule has 1 rings (SSSR count). The van der Waals surface area contributed by atoms with Crippen LogP contribution in [0.25, 0.3) is 0 Å². The lowest BCUT2D eigenvalue weighted by molar-refractivity contribution is -0.143. The van der Waals surface area contributed by atoms with Gasteiger partial charge in [0.05, 0.1) is 22.4 Å². The number of anilines is 1. The number of amides is 1. The van der Waals surface area contributed by atoms with Crippen molar-refractivity contribution < 1.29 is 31.1 Å². The number of benzene rings is 1. The third-order valence-electron chi connectivity index (χ3n) is 2.95. The van der Waals surface area contributed by atoms with E-state index in [9.17, 15) is 31.1 Å². The molecule has 0 aromatic heterocycles. The van der Waals surface area contributed by atoms with E-state index in [4.69, 9.17) is 0 Å². The predicted octanol–water partition coefficient (Wildman–Crippen LogP) is 5.08. The number of nitrogens with one attached hydrogen (secondary N) is 1. The van der Waals surface area contributed by atoms with Crippen molar-refractivity contribution >= 4 is 11.6 Å². The van der Waals surface area contributed by atoms with Crippen LogP contribution in [0.5, 0.6) is 0 Å². The van der Waals surface area contributed by atoms with Crippen molar-refractivity contribution in [3.63, 3.8) is 0 Å². The molecule has 0 radical (unpaired) electrons. The summed E-state index contributed by atoms with van der Waals surface area (Å²) < 4.78 is 78.2. The van der Waals surface area contributed by atoms with Gasteiger partial charge in [0, 0.05) is 5.41 Å². The van der Waals surface area contributed by atoms with Gasteiger partial charge in [0.1, 0.15) is 0 Å². The summed E-state index contributed by atoms with van der Waals surface area (Å²) in [7, 11) is 0. The standard InChI is InChI=1S/C16H15F6NO/c1-5-6-10-11(16(20,21)22)7-9(15(17,18)19)8-12(10)23-13(24)14(2,3)4/h7-8H,1-4H3,(H,23,24). The first-order chi connectivity index (χ1) is 10.7. The first kappa shape index (κ1) is 19.9. The van der Waals surface area contributed by atoms with E-state index in [0.717, 1.165) is 0 Å². The minimum Gasteiger partial charge on any atom is -0.324 e. The predicted molar refractivity (Wildman–Crippen MR) is 77.1 cm³/mol. The van der Waals surface area contributed by atoms with Crippen LogP contribution < -0.4 is 5.32 Å². The van der Waals surface area contributed by atoms with Crippen molar-refractivity contribution in [1.29, 1.82) is 0 Å². The normalized spacial score (nSPS) is 12.4. The molecule has 0 aliphatic heterocycles. The Morgan fingerprint density at radius 3 is 1.92 bits per heavy atom. The molecule has 0 unspecified atom stereocenters. The summed E-state index contributed by atoms with van der Waals surface area (Å²) in [4.78, 5) is 12.0. The van der Waals surface area contributed by atoms with E-state index >= 15 is 0 Å². The Labute approximate surface area is 135 Å². The van der Waals surface area contributed by atoms with E-state index in [2.05, 4.69) is 17.2 Å². The Hall–Kier alpha value is -2.17. The van der Waals surface area contributed by atoms with Gasteiger partial charge >= 0.3 is 12.4 Å². The van der Waals surface area contributed by atoms with Gasteiger partial charge in [0.2, 0.25) is 5.91 Å². The average molecular weight is 351 g/mol. The van der Waals surface area contributed by atoms with Gasteiger partial charge in [0.25, 0.3) is 0 Å². The van der Waals surface area contributed by atoms with E-state index in [-0.39, 0.29) is 6.07 Å². The first-order valence-electron chi connectivity index (χ1n) is 6.74. The zero-order chi connectivity index (χ0) is 18.9. The highest BCUT2D eigenvalue weighted by Crippen LogP contribution is 2.40. The van der Waals surface area contributed by atoms with Crippen molar-refractivity contribution in [2.75, 3.05) is 5.32 Å². The maximum absolute atomic E-state index is 13.1. The molecule has 0 heterocycles. The Balaban J connectivity index is 3.70. The van der Waals surface area contributed by atoms with Crippen LogP contribution in [0, 0.1) is 17.3 Å². The Morgan fingerprint density at radius 1 is 1.00 bits per heavy atom. The fourth-order valence-corrected chi connectivity index (χ4v) is 1.70. The minimum atomic E-state index is -5.05. The van der Waals surface area contributed by atoms with E-state index in [1.165, 1.54) is 27.7 Å². The SMILES string of the molecule is CC#Cc1c(NC(=O)C(C)(C)C)cc(C(F)(F)F)cc1C(F)(F)F. The summed E-state index contributed by atoms with van der Waals surface area (Å²) >= 11 is 0. The van der Waals surface area contributed by atoms with Gasteiger partial charge in [-0.15, -0.1) is 5.92 Å². The summed E-state index contributed by atoms with van der Waals surface area (Å²) in [6, 6.07) is 0.449. The summed E-state index contributed by atoms with van der Waals surface area (Å²) in [5.41, 5.74) is -5.39. The van der Waals surface area contributed by atoms with Gasteiger partial charge in [-0.3, -0.25) is 4.79 Å². The third kappa shape index (κ3) is 4.66. The molecular weight excluding hydrogens is 336 g/mol. The molecule has 0 saturated heterocycles. The van der Waals surface area contributed by atoms with Gasteiger partial charge in [-0.25, -0.2) is 0 Å². The van der Waals surface area contributed by atoms with Crippen LogP contribution in [0.1, 0.15) is 44.4 Å². The molecule has 0 saturated carbocycles. The van der Waals surface area contributed by atoms with Crippen LogP contribution in [0.3, 0.4) is 0 Å². The molecule has 1 aromatic rings. The number of carbonyl (C=O) groups is 1. The number of alkyl halides is 6. The van der Waals surface area contributed by atoms with Crippen molar-refractivity contribution in [2.45, 2.75) is 40.0 Å². The molecule has 24 heavy (non-hydrogen) atoms. The van der Waals surface area contributed by atoms with Crippen LogP contribution in [0.2, 0.25) is 0 Å². The molecule has 132 valence electrons.